The van der Waals surface area contributed by atoms with Gasteiger partial charge in [-0.2, -0.15) is 0 Å². The van der Waals surface area contributed by atoms with E-state index in [9.17, 15) is 20.5 Å². The van der Waals surface area contributed by atoms with Crippen LogP contribution in [0.15, 0.2) is 145 Å². The van der Waals surface area contributed by atoms with Crippen molar-refractivity contribution in [2.45, 2.75) is 6.92 Å². The molecule has 0 amide bonds. The highest BCUT2D eigenvalue weighted by Gasteiger charge is 2.18. The smallest absolute Gasteiger partial charge is 0.197 e. The highest BCUT2D eigenvalue weighted by molar-refractivity contribution is 6.28. The molecule has 0 aliphatic heterocycles. The number of hydrogen-bond acceptors (Lipinski definition) is 5. The van der Waals surface area contributed by atoms with Crippen LogP contribution < -0.4 is 5.48 Å². The summed E-state index contributed by atoms with van der Waals surface area (Å²) >= 11 is 0. The third kappa shape index (κ3) is 4.47. The van der Waals surface area contributed by atoms with Gasteiger partial charge in [0.25, 0.3) is 0 Å². The van der Waals surface area contributed by atoms with E-state index >= 15 is 0 Å². The van der Waals surface area contributed by atoms with E-state index in [1.165, 1.54) is 39.4 Å². The summed E-state index contributed by atoms with van der Waals surface area (Å²) < 4.78 is 0. The first-order chi connectivity index (χ1) is 21.4. The number of hydrogen-bond donors (Lipinski definition) is 5. The van der Waals surface area contributed by atoms with E-state index in [0.717, 1.165) is 33.2 Å². The van der Waals surface area contributed by atoms with Gasteiger partial charge in [-0.25, -0.2) is 0 Å². The Hall–Kier alpha value is -5.78. The average molecular weight is 576 g/mol. The van der Waals surface area contributed by atoms with E-state index in [4.69, 9.17) is 0 Å². The molecule has 0 unspecified atom stereocenters. The lowest BCUT2D eigenvalue weighted by Crippen LogP contribution is -2.11. The maximum absolute atomic E-state index is 10.4. The van der Waals surface area contributed by atoms with Crippen LogP contribution in [0, 0.1) is 0 Å². The quantitative estimate of drug-likeness (QED) is 0.0589. The minimum atomic E-state index is -0.722. The molecule has 0 spiro atoms. The molecular weight excluding hydrogens is 546 g/mol. The lowest BCUT2D eigenvalue weighted by Gasteiger charge is -2.18. The van der Waals surface area contributed by atoms with Crippen LogP contribution in [0.25, 0.3) is 71.4 Å². The van der Waals surface area contributed by atoms with Crippen molar-refractivity contribution in [3.63, 3.8) is 0 Å². The van der Waals surface area contributed by atoms with Gasteiger partial charge in [0.15, 0.2) is 11.5 Å². The molecule has 5 nitrogen and oxygen atoms in total. The molecule has 0 saturated heterocycles. The Morgan fingerprint density at radius 1 is 0.500 bits per heavy atom. The van der Waals surface area contributed by atoms with Crippen molar-refractivity contribution < 1.29 is 20.5 Å². The van der Waals surface area contributed by atoms with Crippen molar-refractivity contribution in [1.82, 2.24) is 5.48 Å². The van der Waals surface area contributed by atoms with Gasteiger partial charge in [-0.3, -0.25) is 10.7 Å². The van der Waals surface area contributed by atoms with Crippen LogP contribution >= 0.6 is 0 Å². The van der Waals surface area contributed by atoms with E-state index in [1.54, 1.807) is 12.1 Å². The molecule has 0 heterocycles. The molecule has 0 bridgehead atoms. The first kappa shape index (κ1) is 27.1. The third-order valence-electron chi connectivity index (χ3n) is 8.35. The fraction of sp³-hybridized carbons (Fsp3) is 0.0256. The average Bonchev–Trinajstić information content (AvgIpc) is 3.07. The maximum atomic E-state index is 10.4. The second-order valence-corrected chi connectivity index (χ2v) is 10.9. The normalized spacial score (nSPS) is 12.9. The minimum Gasteiger partial charge on any atom is -0.509 e. The van der Waals surface area contributed by atoms with Gasteiger partial charge in [-0.15, -0.1) is 0 Å². The van der Waals surface area contributed by atoms with Crippen LogP contribution in [0.4, 0.5) is 0 Å². The molecule has 0 atom stereocenters. The maximum Gasteiger partial charge on any atom is 0.197 e. The van der Waals surface area contributed by atoms with Crippen molar-refractivity contribution >= 4 is 38.0 Å². The standard InChI is InChI=1S/C39H29NO4/c1-23(41)38(42)39(43)37(40-44)30-16-14-27(15-17-30)34-22-33(26-12-10-25(11-13-26)24-6-3-2-4-7-24)31-20-18-28-8-5-9-29-19-21-32(34)36(31)35(28)29/h2-22,40-44H,1H3/b38-23-,39-37+. The van der Waals surface area contributed by atoms with Gasteiger partial charge in [-0.05, 0) is 78.7 Å². The van der Waals surface area contributed by atoms with E-state index in [-0.39, 0.29) is 5.70 Å². The second kappa shape index (κ2) is 10.8. The number of rotatable bonds is 6. The van der Waals surface area contributed by atoms with Crippen LogP contribution in [0.2, 0.25) is 0 Å². The summed E-state index contributed by atoms with van der Waals surface area (Å²) in [5.74, 6) is -1.85. The summed E-state index contributed by atoms with van der Waals surface area (Å²) in [7, 11) is 0. The largest absolute Gasteiger partial charge is 0.509 e. The zero-order chi connectivity index (χ0) is 30.4. The lowest BCUT2D eigenvalue weighted by molar-refractivity contribution is 0.215. The van der Waals surface area contributed by atoms with E-state index in [2.05, 4.69) is 84.9 Å². The molecule has 44 heavy (non-hydrogen) atoms. The SMILES string of the molecule is C/C(O)=C(O)\C(O)=C(/NO)c1ccc(-c2cc(-c3ccc(-c4ccccc4)cc3)c3ccc4cccc5ccc2c3c54)cc1. The van der Waals surface area contributed by atoms with Crippen molar-refractivity contribution in [3.05, 3.63) is 150 Å². The molecule has 0 saturated carbocycles. The first-order valence-electron chi connectivity index (χ1n) is 14.3. The number of aliphatic hydroxyl groups is 3. The Balaban J connectivity index is 1.44. The molecule has 7 aromatic rings. The van der Waals surface area contributed by atoms with Gasteiger partial charge >= 0.3 is 0 Å². The Morgan fingerprint density at radius 3 is 1.57 bits per heavy atom. The van der Waals surface area contributed by atoms with Crippen molar-refractivity contribution in [2.75, 3.05) is 0 Å². The Bertz CT molecular complexity index is 2190. The van der Waals surface area contributed by atoms with E-state index in [0.29, 0.717) is 5.56 Å². The van der Waals surface area contributed by atoms with Crippen molar-refractivity contribution in [3.8, 4) is 33.4 Å². The molecule has 7 rings (SSSR count). The van der Waals surface area contributed by atoms with E-state index < -0.39 is 17.3 Å². The van der Waals surface area contributed by atoms with Gasteiger partial charge in [-0.1, -0.05) is 121 Å². The van der Waals surface area contributed by atoms with Gasteiger partial charge in [0.1, 0.15) is 11.5 Å². The molecule has 0 aliphatic rings. The number of benzene rings is 7. The van der Waals surface area contributed by atoms with Crippen LogP contribution in [-0.2, 0) is 0 Å². The lowest BCUT2D eigenvalue weighted by atomic mass is 9.85. The van der Waals surface area contributed by atoms with Crippen LogP contribution in [0.3, 0.4) is 0 Å². The topological polar surface area (TPSA) is 93.0 Å². The summed E-state index contributed by atoms with van der Waals surface area (Å²) in [4.78, 5) is 0. The molecule has 5 N–H and O–H groups in total. The number of allylic oxidation sites excluding steroid dienone is 1. The first-order valence-corrected chi connectivity index (χ1v) is 14.3. The van der Waals surface area contributed by atoms with E-state index in [1.807, 2.05) is 35.8 Å². The van der Waals surface area contributed by atoms with Crippen LogP contribution in [0.1, 0.15) is 12.5 Å². The summed E-state index contributed by atoms with van der Waals surface area (Å²) in [6, 6.07) is 43.7. The van der Waals surface area contributed by atoms with Gasteiger partial charge in [0.05, 0.1) is 0 Å². The Morgan fingerprint density at radius 2 is 1.02 bits per heavy atom. The van der Waals surface area contributed by atoms with Gasteiger partial charge in [0, 0.05) is 5.56 Å². The summed E-state index contributed by atoms with van der Waals surface area (Å²) in [6.45, 7) is 1.24. The third-order valence-corrected chi connectivity index (χ3v) is 8.35. The summed E-state index contributed by atoms with van der Waals surface area (Å²) in [5.41, 5.74) is 8.81. The van der Waals surface area contributed by atoms with Gasteiger partial charge in [0.2, 0.25) is 0 Å². The number of aliphatic hydroxyl groups excluding tert-OH is 3. The number of hydroxylamine groups is 1. The monoisotopic (exact) mass is 575 g/mol. The second-order valence-electron chi connectivity index (χ2n) is 10.9. The molecular formula is C39H29NO4. The molecule has 0 aliphatic carbocycles. The fourth-order valence-corrected chi connectivity index (χ4v) is 6.14. The fourth-order valence-electron chi connectivity index (χ4n) is 6.14. The highest BCUT2D eigenvalue weighted by Crippen LogP contribution is 2.44. The summed E-state index contributed by atoms with van der Waals surface area (Å²) in [6.07, 6.45) is 0. The molecule has 0 fully saturated rings. The zero-order valence-corrected chi connectivity index (χ0v) is 23.9. The predicted molar refractivity (Wildman–Crippen MR) is 179 cm³/mol. The molecule has 7 aromatic carbocycles. The highest BCUT2D eigenvalue weighted by atomic mass is 16.5. The Labute approximate surface area is 254 Å². The molecule has 5 heteroatoms. The predicted octanol–water partition coefficient (Wildman–Crippen LogP) is 10.1. The van der Waals surface area contributed by atoms with Gasteiger partial charge < -0.3 is 15.3 Å². The molecule has 214 valence electrons. The van der Waals surface area contributed by atoms with Crippen LogP contribution in [0.5, 0.6) is 0 Å². The Kier molecular flexibility index (Phi) is 6.65. The van der Waals surface area contributed by atoms with Crippen molar-refractivity contribution in [1.29, 1.82) is 0 Å². The minimum absolute atomic E-state index is 0.128. The number of nitrogens with one attached hydrogen (secondary N) is 1. The molecule has 0 radical (unpaired) electrons. The van der Waals surface area contributed by atoms with Crippen LogP contribution in [-0.4, -0.2) is 20.5 Å². The zero-order valence-electron chi connectivity index (χ0n) is 23.9. The van der Waals surface area contributed by atoms with Crippen molar-refractivity contribution in [2.24, 2.45) is 0 Å². The summed E-state index contributed by atoms with van der Waals surface area (Å²) in [5, 5.41) is 46.9. The molecule has 0 aromatic heterocycles.